The fraction of sp³-hybridized carbons (Fsp3) is 0.208. The number of aliphatic imine (C=N–C) groups is 1. The van der Waals surface area contributed by atoms with Gasteiger partial charge in [0.15, 0.2) is 0 Å². The molecule has 0 aliphatic carbocycles. The summed E-state index contributed by atoms with van der Waals surface area (Å²) in [5, 5.41) is 0. The molecule has 1 aliphatic heterocycles. The van der Waals surface area contributed by atoms with E-state index in [4.69, 9.17) is 0 Å². The number of benzene rings is 3. The average molecular weight is 340 g/mol. The fourth-order valence-electron chi connectivity index (χ4n) is 3.43. The third-order valence-electron chi connectivity index (χ3n) is 5.19. The Bertz CT molecular complexity index is 920. The Morgan fingerprint density at radius 1 is 0.769 bits per heavy atom. The molecule has 0 atom stereocenters. The molecule has 1 aliphatic rings. The molecule has 0 saturated carbocycles. The molecule has 0 radical (unpaired) electrons. The standard InChI is InChI=1S/C24H24N2/c1-17-4-8-23(9-5-17)25-14-20-6-10-24(11-7-20)26-15-21-12-18(2)19(3)13-22(21)16-26/h4-14H,15-16H2,1-3H3. The molecule has 0 fully saturated rings. The lowest BCUT2D eigenvalue weighted by Gasteiger charge is -2.17. The summed E-state index contributed by atoms with van der Waals surface area (Å²) in [5.74, 6) is 0. The van der Waals surface area contributed by atoms with E-state index in [2.05, 4.69) is 79.2 Å². The molecule has 3 aromatic carbocycles. The van der Waals surface area contributed by atoms with E-state index in [1.54, 1.807) is 0 Å². The number of fused-ring (bicyclic) bond motifs is 1. The number of hydrogen-bond donors (Lipinski definition) is 0. The predicted molar refractivity (Wildman–Crippen MR) is 111 cm³/mol. The smallest absolute Gasteiger partial charge is 0.0630 e. The van der Waals surface area contributed by atoms with Crippen molar-refractivity contribution in [2.24, 2.45) is 4.99 Å². The number of hydrogen-bond acceptors (Lipinski definition) is 2. The minimum absolute atomic E-state index is 0.986. The lowest BCUT2D eigenvalue weighted by atomic mass is 10.0. The molecule has 0 N–H and O–H groups in total. The average Bonchev–Trinajstić information content (AvgIpc) is 3.05. The summed E-state index contributed by atoms with van der Waals surface area (Å²) in [4.78, 5) is 6.99. The van der Waals surface area contributed by atoms with Crippen molar-refractivity contribution in [3.05, 3.63) is 94.0 Å². The first-order chi connectivity index (χ1) is 12.6. The van der Waals surface area contributed by atoms with Gasteiger partial charge >= 0.3 is 0 Å². The highest BCUT2D eigenvalue weighted by atomic mass is 15.1. The van der Waals surface area contributed by atoms with Crippen LogP contribution >= 0.6 is 0 Å². The number of rotatable bonds is 3. The van der Waals surface area contributed by atoms with Gasteiger partial charge in [-0.1, -0.05) is 42.0 Å². The summed E-state index contributed by atoms with van der Waals surface area (Å²) < 4.78 is 0. The second-order valence-electron chi connectivity index (χ2n) is 7.25. The Morgan fingerprint density at radius 3 is 1.92 bits per heavy atom. The normalized spacial score (nSPS) is 13.4. The van der Waals surface area contributed by atoms with E-state index in [0.29, 0.717) is 0 Å². The van der Waals surface area contributed by atoms with Crippen LogP contribution in [0.2, 0.25) is 0 Å². The van der Waals surface area contributed by atoms with Crippen LogP contribution in [0.3, 0.4) is 0 Å². The molecule has 0 aromatic heterocycles. The van der Waals surface area contributed by atoms with Crippen molar-refractivity contribution in [1.82, 2.24) is 0 Å². The van der Waals surface area contributed by atoms with Crippen LogP contribution in [0.5, 0.6) is 0 Å². The van der Waals surface area contributed by atoms with E-state index < -0.39 is 0 Å². The number of anilines is 1. The summed E-state index contributed by atoms with van der Waals surface area (Å²) in [6.45, 7) is 8.47. The Balaban J connectivity index is 1.47. The van der Waals surface area contributed by atoms with Gasteiger partial charge < -0.3 is 4.90 Å². The monoisotopic (exact) mass is 340 g/mol. The molecular weight excluding hydrogens is 316 g/mol. The second-order valence-corrected chi connectivity index (χ2v) is 7.25. The summed E-state index contributed by atoms with van der Waals surface area (Å²) >= 11 is 0. The fourth-order valence-corrected chi connectivity index (χ4v) is 3.43. The van der Waals surface area contributed by atoms with E-state index in [0.717, 1.165) is 24.3 Å². The van der Waals surface area contributed by atoms with Gasteiger partial charge in [-0.2, -0.15) is 0 Å². The van der Waals surface area contributed by atoms with Crippen molar-refractivity contribution in [3.63, 3.8) is 0 Å². The molecule has 0 amide bonds. The van der Waals surface area contributed by atoms with Crippen LogP contribution in [0.4, 0.5) is 11.4 Å². The third kappa shape index (κ3) is 3.41. The zero-order valence-electron chi connectivity index (χ0n) is 15.7. The zero-order chi connectivity index (χ0) is 18.1. The third-order valence-corrected chi connectivity index (χ3v) is 5.19. The van der Waals surface area contributed by atoms with Crippen LogP contribution in [0.25, 0.3) is 0 Å². The maximum absolute atomic E-state index is 4.56. The topological polar surface area (TPSA) is 15.6 Å². The van der Waals surface area contributed by atoms with E-state index in [1.807, 2.05) is 18.3 Å². The van der Waals surface area contributed by atoms with Crippen LogP contribution < -0.4 is 4.90 Å². The van der Waals surface area contributed by atoms with Crippen LogP contribution in [0.15, 0.2) is 65.7 Å². The number of nitrogens with zero attached hydrogens (tertiary/aromatic N) is 2. The van der Waals surface area contributed by atoms with E-state index in [9.17, 15) is 0 Å². The number of aryl methyl sites for hydroxylation is 3. The highest BCUT2D eigenvalue weighted by Crippen LogP contribution is 2.30. The van der Waals surface area contributed by atoms with Crippen molar-refractivity contribution < 1.29 is 0 Å². The molecule has 3 aromatic rings. The molecule has 130 valence electrons. The highest BCUT2D eigenvalue weighted by Gasteiger charge is 2.19. The van der Waals surface area contributed by atoms with Crippen molar-refractivity contribution in [3.8, 4) is 0 Å². The maximum atomic E-state index is 4.56. The molecule has 0 bridgehead atoms. The van der Waals surface area contributed by atoms with Gasteiger partial charge in [0.1, 0.15) is 0 Å². The van der Waals surface area contributed by atoms with Crippen molar-refractivity contribution >= 4 is 17.6 Å². The largest absolute Gasteiger partial charge is 0.363 e. The molecule has 4 rings (SSSR count). The van der Waals surface area contributed by atoms with E-state index in [1.165, 1.54) is 33.5 Å². The zero-order valence-corrected chi connectivity index (χ0v) is 15.7. The molecule has 1 heterocycles. The minimum Gasteiger partial charge on any atom is -0.363 e. The van der Waals surface area contributed by atoms with Gasteiger partial charge in [-0.25, -0.2) is 0 Å². The molecule has 0 unspecified atom stereocenters. The summed E-state index contributed by atoms with van der Waals surface area (Å²) in [6, 6.07) is 21.6. The Kier molecular flexibility index (Phi) is 4.34. The lowest BCUT2D eigenvalue weighted by Crippen LogP contribution is -2.14. The van der Waals surface area contributed by atoms with Gasteiger partial charge in [0.2, 0.25) is 0 Å². The van der Waals surface area contributed by atoms with Crippen molar-refractivity contribution in [1.29, 1.82) is 0 Å². The van der Waals surface area contributed by atoms with E-state index in [-0.39, 0.29) is 0 Å². The van der Waals surface area contributed by atoms with Crippen LogP contribution in [0.1, 0.15) is 33.4 Å². The van der Waals surface area contributed by atoms with Gasteiger partial charge in [0.05, 0.1) is 5.69 Å². The van der Waals surface area contributed by atoms with Gasteiger partial charge in [0, 0.05) is 25.0 Å². The second kappa shape index (κ2) is 6.80. The molecule has 26 heavy (non-hydrogen) atoms. The first-order valence-corrected chi connectivity index (χ1v) is 9.13. The highest BCUT2D eigenvalue weighted by molar-refractivity contribution is 5.82. The summed E-state index contributed by atoms with van der Waals surface area (Å²) in [6.07, 6.45) is 1.93. The molecular formula is C24H24N2. The molecule has 2 heteroatoms. The van der Waals surface area contributed by atoms with Gasteiger partial charge in [-0.05, 0) is 72.9 Å². The SMILES string of the molecule is Cc1ccc(N=Cc2ccc(N3Cc4cc(C)c(C)cc4C3)cc2)cc1. The summed E-state index contributed by atoms with van der Waals surface area (Å²) in [5.41, 5.74) is 10.3. The minimum atomic E-state index is 0.986. The van der Waals surface area contributed by atoms with E-state index >= 15 is 0 Å². The lowest BCUT2D eigenvalue weighted by molar-refractivity contribution is 0.880. The summed E-state index contributed by atoms with van der Waals surface area (Å²) in [7, 11) is 0. The first kappa shape index (κ1) is 16.6. The Morgan fingerprint density at radius 2 is 1.35 bits per heavy atom. The van der Waals surface area contributed by atoms with Gasteiger partial charge in [-0.3, -0.25) is 4.99 Å². The van der Waals surface area contributed by atoms with Gasteiger partial charge in [0.25, 0.3) is 0 Å². The maximum Gasteiger partial charge on any atom is 0.0630 e. The van der Waals surface area contributed by atoms with Crippen LogP contribution in [0, 0.1) is 20.8 Å². The molecule has 0 spiro atoms. The van der Waals surface area contributed by atoms with Crippen molar-refractivity contribution in [2.45, 2.75) is 33.9 Å². The Hall–Kier alpha value is -2.87. The van der Waals surface area contributed by atoms with Gasteiger partial charge in [-0.15, -0.1) is 0 Å². The Labute approximate surface area is 155 Å². The van der Waals surface area contributed by atoms with Crippen molar-refractivity contribution in [2.75, 3.05) is 4.90 Å². The molecule has 2 nitrogen and oxygen atoms in total. The van der Waals surface area contributed by atoms with Crippen LogP contribution in [-0.2, 0) is 13.1 Å². The quantitative estimate of drug-likeness (QED) is 0.543. The first-order valence-electron chi connectivity index (χ1n) is 9.13. The predicted octanol–water partition coefficient (Wildman–Crippen LogP) is 5.88. The molecule has 0 saturated heterocycles. The van der Waals surface area contributed by atoms with Crippen LogP contribution in [-0.4, -0.2) is 6.21 Å².